The topological polar surface area (TPSA) is 59.9 Å². The zero-order valence-corrected chi connectivity index (χ0v) is 11.2. The lowest BCUT2D eigenvalue weighted by molar-refractivity contribution is 0.398. The van der Waals surface area contributed by atoms with Crippen LogP contribution >= 0.6 is 0 Å². The van der Waals surface area contributed by atoms with E-state index in [4.69, 9.17) is 4.74 Å². The summed E-state index contributed by atoms with van der Waals surface area (Å²) in [6, 6.07) is 5.39. The van der Waals surface area contributed by atoms with Crippen molar-refractivity contribution in [1.29, 1.82) is 0 Å². The Labute approximate surface area is 113 Å². The fourth-order valence-electron chi connectivity index (χ4n) is 1.85. The maximum absolute atomic E-state index is 5.37. The van der Waals surface area contributed by atoms with Crippen molar-refractivity contribution in [3.05, 3.63) is 48.3 Å². The van der Waals surface area contributed by atoms with Gasteiger partial charge in [0.25, 0.3) is 0 Å². The molecule has 2 heterocycles. The molecule has 19 heavy (non-hydrogen) atoms. The van der Waals surface area contributed by atoms with Gasteiger partial charge >= 0.3 is 0 Å². The van der Waals surface area contributed by atoms with Crippen LogP contribution in [0.3, 0.4) is 0 Å². The van der Waals surface area contributed by atoms with Crippen LogP contribution in [-0.4, -0.2) is 28.6 Å². The molecule has 0 bridgehead atoms. The van der Waals surface area contributed by atoms with E-state index < -0.39 is 0 Å². The van der Waals surface area contributed by atoms with Crippen LogP contribution in [0.5, 0.6) is 5.75 Å². The summed E-state index contributed by atoms with van der Waals surface area (Å²) in [5.74, 6) is 1.44. The molecule has 0 aromatic carbocycles. The maximum Gasteiger partial charge on any atom is 0.151 e. The van der Waals surface area contributed by atoms with Crippen molar-refractivity contribution in [1.82, 2.24) is 20.3 Å². The molecule has 5 nitrogen and oxygen atoms in total. The first-order chi connectivity index (χ1) is 9.36. The Bertz CT molecular complexity index is 504. The van der Waals surface area contributed by atoms with E-state index in [1.807, 2.05) is 12.1 Å². The predicted molar refractivity (Wildman–Crippen MR) is 73.0 cm³/mol. The minimum absolute atomic E-state index is 0.155. The van der Waals surface area contributed by atoms with E-state index in [0.29, 0.717) is 5.82 Å². The van der Waals surface area contributed by atoms with Gasteiger partial charge in [0.15, 0.2) is 5.82 Å². The lowest BCUT2D eigenvalue weighted by atomic mass is 10.1. The van der Waals surface area contributed by atoms with Crippen molar-refractivity contribution in [3.8, 4) is 5.75 Å². The highest BCUT2D eigenvalue weighted by Crippen LogP contribution is 2.25. The molecule has 0 aliphatic carbocycles. The smallest absolute Gasteiger partial charge is 0.151 e. The van der Waals surface area contributed by atoms with Crippen LogP contribution < -0.4 is 10.1 Å². The van der Waals surface area contributed by atoms with Crippen molar-refractivity contribution < 1.29 is 4.74 Å². The Morgan fingerprint density at radius 1 is 1.16 bits per heavy atom. The zero-order valence-electron chi connectivity index (χ0n) is 11.2. The minimum atomic E-state index is -0.155. The molecule has 0 radical (unpaired) electrons. The summed E-state index contributed by atoms with van der Waals surface area (Å²) >= 11 is 0. The molecule has 1 unspecified atom stereocenters. The van der Waals surface area contributed by atoms with Crippen LogP contribution in [0.15, 0.2) is 36.8 Å². The number of ether oxygens (including phenoxy) is 1. The first kappa shape index (κ1) is 13.4. The van der Waals surface area contributed by atoms with Crippen LogP contribution in [0, 0.1) is 0 Å². The molecule has 5 heteroatoms. The molecule has 0 saturated heterocycles. The second kappa shape index (κ2) is 6.80. The summed E-state index contributed by atoms with van der Waals surface area (Å²) in [5, 5.41) is 3.41. The average molecular weight is 258 g/mol. The van der Waals surface area contributed by atoms with E-state index in [-0.39, 0.29) is 6.04 Å². The van der Waals surface area contributed by atoms with Gasteiger partial charge in [-0.05, 0) is 31.2 Å². The second-order valence-electron chi connectivity index (χ2n) is 4.09. The summed E-state index contributed by atoms with van der Waals surface area (Å²) in [6.45, 7) is 2.98. The third kappa shape index (κ3) is 3.26. The minimum Gasteiger partial charge on any atom is -0.495 e. The number of nitrogens with one attached hydrogen (secondary N) is 1. The highest BCUT2D eigenvalue weighted by atomic mass is 16.5. The fourth-order valence-corrected chi connectivity index (χ4v) is 1.85. The van der Waals surface area contributed by atoms with E-state index in [2.05, 4.69) is 27.2 Å². The number of aromatic nitrogens is 3. The van der Waals surface area contributed by atoms with Gasteiger partial charge in [0.05, 0.1) is 7.11 Å². The van der Waals surface area contributed by atoms with Gasteiger partial charge in [0, 0.05) is 18.6 Å². The van der Waals surface area contributed by atoms with Crippen LogP contribution in [0.1, 0.15) is 30.9 Å². The van der Waals surface area contributed by atoms with E-state index >= 15 is 0 Å². The van der Waals surface area contributed by atoms with Gasteiger partial charge in [-0.3, -0.25) is 4.98 Å². The number of hydrogen-bond donors (Lipinski definition) is 1. The molecule has 0 fully saturated rings. The quantitative estimate of drug-likeness (QED) is 0.858. The number of nitrogens with zero attached hydrogens (tertiary/aromatic N) is 3. The van der Waals surface area contributed by atoms with Gasteiger partial charge in [-0.2, -0.15) is 0 Å². The largest absolute Gasteiger partial charge is 0.495 e. The number of pyridine rings is 1. The van der Waals surface area contributed by atoms with Crippen LogP contribution in [0.2, 0.25) is 0 Å². The SMILES string of the molecule is CCCNC(c1ncccn1)c1ncccc1OC. The molecular formula is C14H18N4O. The van der Waals surface area contributed by atoms with Gasteiger partial charge in [0.1, 0.15) is 17.5 Å². The van der Waals surface area contributed by atoms with Crippen molar-refractivity contribution in [2.75, 3.05) is 13.7 Å². The zero-order chi connectivity index (χ0) is 13.5. The Morgan fingerprint density at radius 2 is 1.89 bits per heavy atom. The average Bonchev–Trinajstić information content (AvgIpc) is 2.49. The molecule has 1 N–H and O–H groups in total. The molecule has 1 atom stereocenters. The Kier molecular flexibility index (Phi) is 4.80. The van der Waals surface area contributed by atoms with E-state index in [1.54, 1.807) is 31.8 Å². The summed E-state index contributed by atoms with van der Waals surface area (Å²) in [4.78, 5) is 13.0. The normalized spacial score (nSPS) is 12.1. The third-order valence-electron chi connectivity index (χ3n) is 2.74. The Morgan fingerprint density at radius 3 is 2.58 bits per heavy atom. The molecule has 0 saturated carbocycles. The maximum atomic E-state index is 5.37. The summed E-state index contributed by atoms with van der Waals surface area (Å²) < 4.78 is 5.37. The highest BCUT2D eigenvalue weighted by molar-refractivity contribution is 5.32. The summed E-state index contributed by atoms with van der Waals surface area (Å²) in [6.07, 6.45) is 6.25. The van der Waals surface area contributed by atoms with Crippen molar-refractivity contribution in [3.63, 3.8) is 0 Å². The first-order valence-electron chi connectivity index (χ1n) is 6.36. The van der Waals surface area contributed by atoms with Crippen molar-refractivity contribution in [2.45, 2.75) is 19.4 Å². The van der Waals surface area contributed by atoms with E-state index in [9.17, 15) is 0 Å². The first-order valence-corrected chi connectivity index (χ1v) is 6.36. The number of hydrogen-bond acceptors (Lipinski definition) is 5. The molecule has 0 amide bonds. The monoisotopic (exact) mass is 258 g/mol. The molecule has 2 aromatic heterocycles. The van der Waals surface area contributed by atoms with Crippen molar-refractivity contribution >= 4 is 0 Å². The lowest BCUT2D eigenvalue weighted by Crippen LogP contribution is -2.26. The van der Waals surface area contributed by atoms with Gasteiger partial charge in [-0.15, -0.1) is 0 Å². The Hall–Kier alpha value is -2.01. The molecule has 100 valence electrons. The predicted octanol–water partition coefficient (Wildman–Crippen LogP) is 1.97. The lowest BCUT2D eigenvalue weighted by Gasteiger charge is -2.18. The number of rotatable bonds is 6. The fraction of sp³-hybridized carbons (Fsp3) is 0.357. The van der Waals surface area contributed by atoms with Gasteiger partial charge < -0.3 is 10.1 Å². The molecule has 2 rings (SSSR count). The molecule has 2 aromatic rings. The van der Waals surface area contributed by atoms with E-state index in [0.717, 1.165) is 24.4 Å². The standard InChI is InChI=1S/C14H18N4O/c1-3-7-15-13(14-17-9-5-10-18-14)12-11(19-2)6-4-8-16-12/h4-6,8-10,13,15H,3,7H2,1-2H3. The molecule has 0 aliphatic rings. The summed E-state index contributed by atoms with van der Waals surface area (Å²) in [5.41, 5.74) is 0.810. The van der Waals surface area contributed by atoms with Crippen LogP contribution in [0.4, 0.5) is 0 Å². The van der Waals surface area contributed by atoms with Gasteiger partial charge in [-0.1, -0.05) is 6.92 Å². The van der Waals surface area contributed by atoms with Crippen LogP contribution in [-0.2, 0) is 0 Å². The molecular weight excluding hydrogens is 240 g/mol. The highest BCUT2D eigenvalue weighted by Gasteiger charge is 2.21. The third-order valence-corrected chi connectivity index (χ3v) is 2.74. The van der Waals surface area contributed by atoms with Crippen LogP contribution in [0.25, 0.3) is 0 Å². The second-order valence-corrected chi connectivity index (χ2v) is 4.09. The van der Waals surface area contributed by atoms with Gasteiger partial charge in [-0.25, -0.2) is 9.97 Å². The van der Waals surface area contributed by atoms with Crippen molar-refractivity contribution in [2.24, 2.45) is 0 Å². The Balaban J connectivity index is 2.37. The number of methoxy groups -OCH3 is 1. The van der Waals surface area contributed by atoms with E-state index in [1.165, 1.54) is 0 Å². The van der Waals surface area contributed by atoms with Gasteiger partial charge in [0.2, 0.25) is 0 Å². The summed E-state index contributed by atoms with van der Waals surface area (Å²) in [7, 11) is 1.64. The molecule has 0 aliphatic heterocycles. The molecule has 0 spiro atoms.